The van der Waals surface area contributed by atoms with Crippen molar-refractivity contribution < 1.29 is 12.8 Å². The number of halogens is 1. The number of benzene rings is 2. The van der Waals surface area contributed by atoms with E-state index in [0.29, 0.717) is 11.8 Å². The van der Waals surface area contributed by atoms with Crippen LogP contribution in [0.4, 0.5) is 10.1 Å². The molecule has 1 aromatic heterocycles. The number of fused-ring (bicyclic) bond motifs is 2. The topological polar surface area (TPSA) is 62.3 Å². The first-order valence-corrected chi connectivity index (χ1v) is 10.9. The smallest absolute Gasteiger partial charge is 0.208 e. The minimum absolute atomic E-state index is 0.0651. The Morgan fingerprint density at radius 2 is 1.75 bits per heavy atom. The van der Waals surface area contributed by atoms with Crippen LogP contribution in [0.25, 0.3) is 10.9 Å². The minimum Gasteiger partial charge on any atom is -0.369 e. The van der Waals surface area contributed by atoms with Gasteiger partial charge in [0, 0.05) is 37.8 Å². The number of para-hydroxylation sites is 1. The van der Waals surface area contributed by atoms with Crippen molar-refractivity contribution in [2.24, 2.45) is 11.8 Å². The summed E-state index contributed by atoms with van der Waals surface area (Å²) < 4.78 is 39.3. The van der Waals surface area contributed by atoms with E-state index in [1.54, 1.807) is 6.07 Å². The van der Waals surface area contributed by atoms with Gasteiger partial charge < -0.3 is 10.2 Å². The van der Waals surface area contributed by atoms with Crippen LogP contribution in [0.5, 0.6) is 0 Å². The predicted molar refractivity (Wildman–Crippen MR) is 106 cm³/mol. The molecule has 2 aromatic carbocycles. The maximum absolute atomic E-state index is 13.5. The first-order chi connectivity index (χ1) is 13.5. The molecule has 0 radical (unpaired) electrons. The van der Waals surface area contributed by atoms with Gasteiger partial charge in [-0.2, -0.15) is 0 Å². The highest BCUT2D eigenvalue weighted by atomic mass is 32.2. The van der Waals surface area contributed by atoms with Gasteiger partial charge in [-0.15, -0.1) is 0 Å². The second-order valence-electron chi connectivity index (χ2n) is 7.56. The first-order valence-electron chi connectivity index (χ1n) is 9.37. The van der Waals surface area contributed by atoms with Crippen LogP contribution >= 0.6 is 0 Å². The monoisotopic (exact) mass is 397 g/mol. The van der Waals surface area contributed by atoms with E-state index in [0.717, 1.165) is 48.8 Å². The second-order valence-corrected chi connectivity index (χ2v) is 9.51. The summed E-state index contributed by atoms with van der Waals surface area (Å²) in [6, 6.07) is 12.5. The number of nitrogens with zero attached hydrogens (tertiary/aromatic N) is 2. The molecule has 0 unspecified atom stereocenters. The van der Waals surface area contributed by atoms with Crippen LogP contribution in [-0.2, 0) is 9.84 Å². The lowest BCUT2D eigenvalue weighted by molar-refractivity contribution is 0.533. The third-order valence-corrected chi connectivity index (χ3v) is 7.53. The van der Waals surface area contributed by atoms with Crippen molar-refractivity contribution in [1.29, 1.82) is 0 Å². The van der Waals surface area contributed by atoms with Gasteiger partial charge in [0.1, 0.15) is 5.82 Å². The van der Waals surface area contributed by atoms with Gasteiger partial charge in [-0.3, -0.25) is 4.98 Å². The highest BCUT2D eigenvalue weighted by molar-refractivity contribution is 7.91. The normalized spacial score (nSPS) is 22.0. The van der Waals surface area contributed by atoms with Crippen LogP contribution in [-0.4, -0.2) is 39.6 Å². The zero-order valence-electron chi connectivity index (χ0n) is 15.2. The third kappa shape index (κ3) is 2.86. The van der Waals surface area contributed by atoms with Crippen LogP contribution in [0, 0.1) is 17.7 Å². The molecule has 0 spiro atoms. The number of sulfone groups is 1. The third-order valence-electron chi connectivity index (χ3n) is 5.81. The lowest BCUT2D eigenvalue weighted by Gasteiger charge is -2.21. The number of aromatic nitrogens is 1. The Morgan fingerprint density at radius 3 is 2.50 bits per heavy atom. The molecule has 28 heavy (non-hydrogen) atoms. The van der Waals surface area contributed by atoms with Crippen molar-refractivity contribution in [2.75, 3.05) is 31.1 Å². The van der Waals surface area contributed by atoms with E-state index < -0.39 is 15.7 Å². The van der Waals surface area contributed by atoms with Crippen molar-refractivity contribution in [3.05, 3.63) is 60.5 Å². The van der Waals surface area contributed by atoms with E-state index in [1.807, 2.05) is 18.2 Å². The van der Waals surface area contributed by atoms with Crippen molar-refractivity contribution >= 4 is 26.4 Å². The summed E-state index contributed by atoms with van der Waals surface area (Å²) in [5, 5.41) is 4.21. The average molecular weight is 397 g/mol. The number of pyridine rings is 1. The summed E-state index contributed by atoms with van der Waals surface area (Å²) in [6.07, 6.45) is 1.38. The maximum Gasteiger partial charge on any atom is 0.208 e. The zero-order chi connectivity index (χ0) is 19.3. The minimum atomic E-state index is -3.82. The molecule has 144 valence electrons. The van der Waals surface area contributed by atoms with E-state index in [1.165, 1.54) is 24.4 Å². The molecular formula is C21H20FN3O2S. The quantitative estimate of drug-likeness (QED) is 0.736. The molecule has 2 aliphatic rings. The van der Waals surface area contributed by atoms with Crippen molar-refractivity contribution in [1.82, 2.24) is 10.3 Å². The van der Waals surface area contributed by atoms with Gasteiger partial charge in [0.25, 0.3) is 0 Å². The molecule has 2 atom stereocenters. The summed E-state index contributed by atoms with van der Waals surface area (Å²) in [6.45, 7) is 4.08. The molecule has 1 N–H and O–H groups in total. The molecule has 0 aliphatic carbocycles. The SMILES string of the molecule is O=S(=O)(c1cccc(F)c1)c1cnc2c(N3C[C@H]4CNC[C@H]4C3)cccc2c1. The largest absolute Gasteiger partial charge is 0.369 e. The molecule has 0 saturated carbocycles. The van der Waals surface area contributed by atoms with Crippen molar-refractivity contribution in [2.45, 2.75) is 9.79 Å². The van der Waals surface area contributed by atoms with Gasteiger partial charge in [0.15, 0.2) is 0 Å². The van der Waals surface area contributed by atoms with E-state index in [2.05, 4.69) is 15.2 Å². The number of anilines is 1. The Kier molecular flexibility index (Phi) is 4.10. The van der Waals surface area contributed by atoms with Gasteiger partial charge in [-0.25, -0.2) is 12.8 Å². The van der Waals surface area contributed by atoms with E-state index in [-0.39, 0.29) is 9.79 Å². The lowest BCUT2D eigenvalue weighted by Crippen LogP contribution is -2.25. The average Bonchev–Trinajstić information content (AvgIpc) is 3.29. The number of hydrogen-bond donors (Lipinski definition) is 1. The Labute approximate surface area is 163 Å². The summed E-state index contributed by atoms with van der Waals surface area (Å²) in [5.74, 6) is 0.733. The van der Waals surface area contributed by atoms with Crippen molar-refractivity contribution in [3.8, 4) is 0 Å². The van der Waals surface area contributed by atoms with Gasteiger partial charge in [-0.1, -0.05) is 18.2 Å². The predicted octanol–water partition coefficient (Wildman–Crippen LogP) is 2.86. The molecule has 5 nitrogen and oxygen atoms in total. The molecule has 7 heteroatoms. The Balaban J connectivity index is 1.54. The fourth-order valence-electron chi connectivity index (χ4n) is 4.35. The molecule has 3 heterocycles. The zero-order valence-corrected chi connectivity index (χ0v) is 16.0. The molecule has 2 aliphatic heterocycles. The van der Waals surface area contributed by atoms with Gasteiger partial charge >= 0.3 is 0 Å². The van der Waals surface area contributed by atoms with Crippen LogP contribution in [0.15, 0.2) is 64.5 Å². The fourth-order valence-corrected chi connectivity index (χ4v) is 5.62. The number of hydrogen-bond acceptors (Lipinski definition) is 5. The standard InChI is InChI=1S/C21H20FN3O2S/c22-17-4-2-5-18(8-17)28(26,27)19-7-14-3-1-6-20(21(14)24-11-19)25-12-15-9-23-10-16(15)13-25/h1-8,11,15-16,23H,9-10,12-13H2/t15-,16+. The van der Waals surface area contributed by atoms with Gasteiger partial charge in [0.05, 0.1) is 21.0 Å². The number of rotatable bonds is 3. The second kappa shape index (κ2) is 6.53. The van der Waals surface area contributed by atoms with Gasteiger partial charge in [-0.05, 0) is 42.2 Å². The van der Waals surface area contributed by atoms with E-state index in [9.17, 15) is 12.8 Å². The summed E-state index contributed by atoms with van der Waals surface area (Å²) in [4.78, 5) is 6.87. The van der Waals surface area contributed by atoms with Crippen LogP contribution in [0.3, 0.4) is 0 Å². The summed E-state index contributed by atoms with van der Waals surface area (Å²) in [5.41, 5.74) is 1.84. The van der Waals surface area contributed by atoms with Crippen LogP contribution in [0.2, 0.25) is 0 Å². The van der Waals surface area contributed by atoms with Crippen molar-refractivity contribution in [3.63, 3.8) is 0 Å². The first kappa shape index (κ1) is 17.6. The molecule has 2 fully saturated rings. The van der Waals surface area contributed by atoms with E-state index in [4.69, 9.17) is 0 Å². The van der Waals surface area contributed by atoms with Crippen LogP contribution < -0.4 is 10.2 Å². The highest BCUT2D eigenvalue weighted by Crippen LogP contribution is 2.34. The van der Waals surface area contributed by atoms with E-state index >= 15 is 0 Å². The van der Waals surface area contributed by atoms with Gasteiger partial charge in [0.2, 0.25) is 9.84 Å². The molecule has 2 saturated heterocycles. The summed E-state index contributed by atoms with van der Waals surface area (Å²) in [7, 11) is -3.82. The Hall–Kier alpha value is -2.51. The van der Waals surface area contributed by atoms with Crippen LogP contribution in [0.1, 0.15) is 0 Å². The summed E-state index contributed by atoms with van der Waals surface area (Å²) >= 11 is 0. The maximum atomic E-state index is 13.5. The molecule has 3 aromatic rings. The Morgan fingerprint density at radius 1 is 1.00 bits per heavy atom. The molecular weight excluding hydrogens is 377 g/mol. The highest BCUT2D eigenvalue weighted by Gasteiger charge is 2.36. The fraction of sp³-hybridized carbons (Fsp3) is 0.286. The Bertz CT molecular complexity index is 1150. The number of nitrogens with one attached hydrogen (secondary N) is 1. The molecule has 5 rings (SSSR count). The molecule has 0 bridgehead atoms. The lowest BCUT2D eigenvalue weighted by atomic mass is 10.0. The molecule has 0 amide bonds.